The maximum atomic E-state index is 11.0. The highest BCUT2D eigenvalue weighted by Gasteiger charge is 2.35. The van der Waals surface area contributed by atoms with E-state index in [1.165, 1.54) is 0 Å². The molecule has 1 aliphatic heterocycles. The number of nitrogens with two attached hydrogens (primary N) is 1. The van der Waals surface area contributed by atoms with Crippen LogP contribution in [0.15, 0.2) is 24.3 Å². The van der Waals surface area contributed by atoms with Crippen LogP contribution in [0.4, 0.5) is 0 Å². The molecule has 2 rings (SSSR count). The lowest BCUT2D eigenvalue weighted by Gasteiger charge is -2.26. The summed E-state index contributed by atoms with van der Waals surface area (Å²) in [5, 5.41) is 8.74. The maximum Gasteiger partial charge on any atom is 0.320 e. The van der Waals surface area contributed by atoms with E-state index in [9.17, 15) is 13.2 Å². The number of benzene rings is 1. The van der Waals surface area contributed by atoms with E-state index < -0.39 is 21.8 Å². The summed E-state index contributed by atoms with van der Waals surface area (Å²) in [4.78, 5) is 10.7. The number of hydrogen-bond acceptors (Lipinski definition) is 5. The Balaban J connectivity index is 1.97. The van der Waals surface area contributed by atoms with Crippen LogP contribution in [0.1, 0.15) is 5.56 Å². The van der Waals surface area contributed by atoms with Gasteiger partial charge in [-0.05, 0) is 24.1 Å². The van der Waals surface area contributed by atoms with Crippen LogP contribution in [0.5, 0.6) is 5.75 Å². The molecule has 0 bridgehead atoms. The van der Waals surface area contributed by atoms with Crippen molar-refractivity contribution >= 4 is 15.8 Å². The number of rotatable bonds is 5. The van der Waals surface area contributed by atoms with E-state index in [0.717, 1.165) is 5.56 Å². The van der Waals surface area contributed by atoms with Gasteiger partial charge in [0, 0.05) is 0 Å². The average molecular weight is 285 g/mol. The molecule has 19 heavy (non-hydrogen) atoms. The van der Waals surface area contributed by atoms with Crippen molar-refractivity contribution in [3.8, 4) is 5.75 Å². The second-order valence-electron chi connectivity index (χ2n) is 4.61. The molecular weight excluding hydrogens is 270 g/mol. The SMILES string of the molecule is NC(Cc1cccc(OC2CS(=O)(=O)C2)c1)C(=O)O. The van der Waals surface area contributed by atoms with Crippen molar-refractivity contribution in [2.75, 3.05) is 11.5 Å². The van der Waals surface area contributed by atoms with Crippen LogP contribution in [0.3, 0.4) is 0 Å². The molecule has 0 aromatic heterocycles. The molecule has 1 fully saturated rings. The number of carboxylic acid groups (broad SMARTS) is 1. The lowest BCUT2D eigenvalue weighted by Crippen LogP contribution is -2.45. The molecular formula is C12H15NO5S. The van der Waals surface area contributed by atoms with Crippen molar-refractivity contribution in [1.29, 1.82) is 0 Å². The standard InChI is InChI=1S/C12H15NO5S/c13-11(12(14)15)5-8-2-1-3-9(4-8)18-10-6-19(16,17)7-10/h1-4,10-11H,5-7,13H2,(H,14,15). The molecule has 0 saturated carbocycles. The minimum Gasteiger partial charge on any atom is -0.488 e. The Kier molecular flexibility index (Phi) is 3.77. The average Bonchev–Trinajstić information content (AvgIpc) is 2.26. The molecule has 6 nitrogen and oxygen atoms in total. The Morgan fingerprint density at radius 1 is 1.47 bits per heavy atom. The molecule has 0 radical (unpaired) electrons. The Hall–Kier alpha value is -1.60. The van der Waals surface area contributed by atoms with Crippen molar-refractivity contribution in [1.82, 2.24) is 0 Å². The summed E-state index contributed by atoms with van der Waals surface area (Å²) >= 11 is 0. The Labute approximate surface area is 111 Å². The molecule has 1 aromatic carbocycles. The van der Waals surface area contributed by atoms with Crippen LogP contribution in [0, 0.1) is 0 Å². The Morgan fingerprint density at radius 2 is 2.16 bits per heavy atom. The van der Waals surface area contributed by atoms with Gasteiger partial charge in [-0.25, -0.2) is 8.42 Å². The molecule has 1 aromatic rings. The van der Waals surface area contributed by atoms with E-state index in [0.29, 0.717) is 5.75 Å². The van der Waals surface area contributed by atoms with Gasteiger partial charge in [0.05, 0.1) is 11.5 Å². The van der Waals surface area contributed by atoms with Gasteiger partial charge in [-0.2, -0.15) is 0 Å². The molecule has 0 aliphatic carbocycles. The number of carboxylic acids is 1. The summed E-state index contributed by atoms with van der Waals surface area (Å²) in [7, 11) is -2.91. The van der Waals surface area contributed by atoms with Crippen LogP contribution < -0.4 is 10.5 Å². The summed E-state index contributed by atoms with van der Waals surface area (Å²) in [6, 6.07) is 5.92. The van der Waals surface area contributed by atoms with Crippen LogP contribution in [-0.4, -0.2) is 43.1 Å². The minimum absolute atomic E-state index is 0.0336. The van der Waals surface area contributed by atoms with Gasteiger partial charge < -0.3 is 15.6 Å². The highest BCUT2D eigenvalue weighted by Crippen LogP contribution is 2.21. The van der Waals surface area contributed by atoms with Crippen LogP contribution in [0.2, 0.25) is 0 Å². The highest BCUT2D eigenvalue weighted by atomic mass is 32.2. The number of aliphatic carboxylic acids is 1. The molecule has 1 unspecified atom stereocenters. The summed E-state index contributed by atoms with van der Waals surface area (Å²) in [6.07, 6.45) is -0.108. The largest absolute Gasteiger partial charge is 0.488 e. The van der Waals surface area contributed by atoms with Crippen molar-refractivity contribution in [2.45, 2.75) is 18.6 Å². The van der Waals surface area contributed by atoms with E-state index in [1.807, 2.05) is 0 Å². The first-order chi connectivity index (χ1) is 8.85. The number of hydrogen-bond donors (Lipinski definition) is 2. The van der Waals surface area contributed by atoms with Gasteiger partial charge in [0.15, 0.2) is 9.84 Å². The third-order valence-electron chi connectivity index (χ3n) is 2.85. The fraction of sp³-hybridized carbons (Fsp3) is 0.417. The number of sulfone groups is 1. The zero-order chi connectivity index (χ0) is 14.0. The molecule has 1 atom stereocenters. The number of carbonyl (C=O) groups is 1. The Bertz CT molecular complexity index is 572. The normalized spacial score (nSPS) is 19.4. The van der Waals surface area contributed by atoms with Gasteiger partial charge in [0.1, 0.15) is 17.9 Å². The summed E-state index contributed by atoms with van der Waals surface area (Å²) in [5.74, 6) is -0.455. The number of ether oxygens (including phenoxy) is 1. The van der Waals surface area contributed by atoms with Crippen molar-refractivity contribution in [3.05, 3.63) is 29.8 Å². The molecule has 7 heteroatoms. The molecule has 3 N–H and O–H groups in total. The molecule has 1 aliphatic rings. The van der Waals surface area contributed by atoms with Gasteiger partial charge >= 0.3 is 5.97 Å². The summed E-state index contributed by atoms with van der Waals surface area (Å²) < 4.78 is 27.5. The molecule has 1 saturated heterocycles. The van der Waals surface area contributed by atoms with Crippen LogP contribution in [0.25, 0.3) is 0 Å². The predicted molar refractivity (Wildman–Crippen MR) is 68.8 cm³/mol. The smallest absolute Gasteiger partial charge is 0.320 e. The predicted octanol–water partition coefficient (Wildman–Crippen LogP) is -0.183. The first-order valence-electron chi connectivity index (χ1n) is 5.80. The first-order valence-corrected chi connectivity index (χ1v) is 7.62. The van der Waals surface area contributed by atoms with E-state index in [4.69, 9.17) is 15.6 Å². The molecule has 1 heterocycles. The van der Waals surface area contributed by atoms with Crippen LogP contribution >= 0.6 is 0 Å². The van der Waals surface area contributed by atoms with E-state index in [2.05, 4.69) is 0 Å². The molecule has 0 amide bonds. The molecule has 104 valence electrons. The van der Waals surface area contributed by atoms with E-state index in [-0.39, 0.29) is 24.0 Å². The minimum atomic E-state index is -2.91. The van der Waals surface area contributed by atoms with Gasteiger partial charge in [0.25, 0.3) is 0 Å². The first kappa shape index (κ1) is 13.8. The monoisotopic (exact) mass is 285 g/mol. The van der Waals surface area contributed by atoms with Crippen LogP contribution in [-0.2, 0) is 21.1 Å². The van der Waals surface area contributed by atoms with Gasteiger partial charge in [-0.3, -0.25) is 4.79 Å². The van der Waals surface area contributed by atoms with Crippen molar-refractivity contribution in [3.63, 3.8) is 0 Å². The third-order valence-corrected chi connectivity index (χ3v) is 4.61. The zero-order valence-electron chi connectivity index (χ0n) is 10.2. The lowest BCUT2D eigenvalue weighted by molar-refractivity contribution is -0.138. The van der Waals surface area contributed by atoms with Crippen molar-refractivity contribution < 1.29 is 23.1 Å². The fourth-order valence-electron chi connectivity index (χ4n) is 1.87. The fourth-order valence-corrected chi connectivity index (χ4v) is 3.04. The van der Waals surface area contributed by atoms with E-state index in [1.54, 1.807) is 24.3 Å². The van der Waals surface area contributed by atoms with Gasteiger partial charge in [0.2, 0.25) is 0 Å². The summed E-state index contributed by atoms with van der Waals surface area (Å²) in [5.41, 5.74) is 6.20. The summed E-state index contributed by atoms with van der Waals surface area (Å²) in [6.45, 7) is 0. The topological polar surface area (TPSA) is 107 Å². The third kappa shape index (κ3) is 3.68. The van der Waals surface area contributed by atoms with Gasteiger partial charge in [-0.15, -0.1) is 0 Å². The lowest BCUT2D eigenvalue weighted by atomic mass is 10.1. The van der Waals surface area contributed by atoms with Gasteiger partial charge in [-0.1, -0.05) is 12.1 Å². The maximum absolute atomic E-state index is 11.0. The Morgan fingerprint density at radius 3 is 2.74 bits per heavy atom. The molecule has 0 spiro atoms. The van der Waals surface area contributed by atoms with E-state index >= 15 is 0 Å². The van der Waals surface area contributed by atoms with Crippen molar-refractivity contribution in [2.24, 2.45) is 5.73 Å². The zero-order valence-corrected chi connectivity index (χ0v) is 11.0. The second kappa shape index (κ2) is 5.18. The quantitative estimate of drug-likeness (QED) is 0.777. The second-order valence-corrected chi connectivity index (χ2v) is 6.77. The highest BCUT2D eigenvalue weighted by molar-refractivity contribution is 7.92.